The number of rotatable bonds is 7. The standard InChI is InChI=1S/C19H23N3OS/c1-2-15-8-6-11-17(14-15)23-12-7-13-24-19(21)22-18(20)16-9-4-3-5-10-16/h3-6,8-11,14H,2,7,12-13H2,1H3,(H3,20,21,22). The summed E-state index contributed by atoms with van der Waals surface area (Å²) in [5.41, 5.74) is 8.01. The largest absolute Gasteiger partial charge is 0.494 e. The molecule has 0 radical (unpaired) electrons. The molecule has 2 rings (SSSR count). The number of nitrogens with zero attached hydrogens (tertiary/aromatic N) is 1. The van der Waals surface area contributed by atoms with Crippen molar-refractivity contribution in [2.45, 2.75) is 19.8 Å². The Balaban J connectivity index is 1.69. The minimum atomic E-state index is 0.226. The van der Waals surface area contributed by atoms with Crippen LogP contribution >= 0.6 is 11.8 Å². The lowest BCUT2D eigenvalue weighted by atomic mass is 10.2. The van der Waals surface area contributed by atoms with Gasteiger partial charge in [-0.1, -0.05) is 61.2 Å². The number of hydrogen-bond donors (Lipinski definition) is 2. The molecule has 2 aromatic carbocycles. The summed E-state index contributed by atoms with van der Waals surface area (Å²) in [5, 5.41) is 8.10. The van der Waals surface area contributed by atoms with Gasteiger partial charge in [0.15, 0.2) is 5.17 Å². The second-order valence-electron chi connectivity index (χ2n) is 5.22. The Labute approximate surface area is 147 Å². The van der Waals surface area contributed by atoms with Crippen LogP contribution in [0.3, 0.4) is 0 Å². The first kappa shape index (κ1) is 18.1. The van der Waals surface area contributed by atoms with E-state index in [2.05, 4.69) is 24.0 Å². The molecule has 0 atom stereocenters. The van der Waals surface area contributed by atoms with E-state index in [-0.39, 0.29) is 5.17 Å². The molecule has 0 bridgehead atoms. The topological polar surface area (TPSA) is 71.5 Å². The Hall–Kier alpha value is -2.27. The van der Waals surface area contributed by atoms with Crippen LogP contribution in [0.5, 0.6) is 5.75 Å². The van der Waals surface area contributed by atoms with Crippen molar-refractivity contribution in [2.24, 2.45) is 10.7 Å². The molecule has 0 aliphatic rings. The van der Waals surface area contributed by atoms with Gasteiger partial charge in [0.05, 0.1) is 6.61 Å². The van der Waals surface area contributed by atoms with E-state index in [1.165, 1.54) is 17.3 Å². The van der Waals surface area contributed by atoms with Gasteiger partial charge in [-0.25, -0.2) is 4.99 Å². The number of nitrogens with two attached hydrogens (primary N) is 1. The molecule has 0 aliphatic heterocycles. The predicted octanol–water partition coefficient (Wildman–Crippen LogP) is 4.09. The summed E-state index contributed by atoms with van der Waals surface area (Å²) in [6.07, 6.45) is 1.86. The summed E-state index contributed by atoms with van der Waals surface area (Å²) in [6, 6.07) is 17.6. The van der Waals surface area contributed by atoms with Crippen LogP contribution in [0.2, 0.25) is 0 Å². The lowest BCUT2D eigenvalue weighted by molar-refractivity contribution is 0.318. The zero-order valence-corrected chi connectivity index (χ0v) is 14.7. The van der Waals surface area contributed by atoms with Crippen molar-refractivity contribution in [3.8, 4) is 5.75 Å². The number of amidine groups is 2. The third-order valence-electron chi connectivity index (χ3n) is 3.39. The van der Waals surface area contributed by atoms with Gasteiger partial charge in [0.25, 0.3) is 0 Å². The zero-order chi connectivity index (χ0) is 17.2. The van der Waals surface area contributed by atoms with Crippen LogP contribution in [0.4, 0.5) is 0 Å². The number of thioether (sulfide) groups is 1. The van der Waals surface area contributed by atoms with E-state index in [0.717, 1.165) is 29.9 Å². The summed E-state index contributed by atoms with van der Waals surface area (Å²) < 4.78 is 5.74. The van der Waals surface area contributed by atoms with Crippen LogP contribution in [0.25, 0.3) is 0 Å². The van der Waals surface area contributed by atoms with E-state index in [1.54, 1.807) is 0 Å². The zero-order valence-electron chi connectivity index (χ0n) is 13.9. The highest BCUT2D eigenvalue weighted by Gasteiger charge is 2.01. The highest BCUT2D eigenvalue weighted by molar-refractivity contribution is 8.13. The molecule has 0 spiro atoms. The van der Waals surface area contributed by atoms with Crippen molar-refractivity contribution in [2.75, 3.05) is 12.4 Å². The molecule has 0 aliphatic carbocycles. The van der Waals surface area contributed by atoms with Gasteiger partial charge >= 0.3 is 0 Å². The van der Waals surface area contributed by atoms with Gasteiger partial charge in [0, 0.05) is 11.3 Å². The molecule has 2 aromatic rings. The highest BCUT2D eigenvalue weighted by Crippen LogP contribution is 2.14. The molecule has 24 heavy (non-hydrogen) atoms. The van der Waals surface area contributed by atoms with E-state index in [1.807, 2.05) is 42.5 Å². The first-order valence-corrected chi connectivity index (χ1v) is 9.00. The summed E-state index contributed by atoms with van der Waals surface area (Å²) >= 11 is 1.38. The number of hydrogen-bond acceptors (Lipinski definition) is 3. The van der Waals surface area contributed by atoms with Gasteiger partial charge < -0.3 is 10.5 Å². The summed E-state index contributed by atoms with van der Waals surface area (Å²) in [5.74, 6) is 2.05. The SMILES string of the molecule is CCc1cccc(OCCCSC(=N)/N=C(\N)c2ccccc2)c1. The lowest BCUT2D eigenvalue weighted by Crippen LogP contribution is -2.14. The fraction of sp³-hybridized carbons (Fsp3) is 0.263. The van der Waals surface area contributed by atoms with Crippen LogP contribution in [-0.4, -0.2) is 23.4 Å². The summed E-state index contributed by atoms with van der Waals surface area (Å²) in [4.78, 5) is 4.13. The van der Waals surface area contributed by atoms with Crippen LogP contribution < -0.4 is 10.5 Å². The second kappa shape index (κ2) is 9.78. The predicted molar refractivity (Wildman–Crippen MR) is 103 cm³/mol. The summed E-state index contributed by atoms with van der Waals surface area (Å²) in [6.45, 7) is 2.76. The molecule has 0 amide bonds. The average molecular weight is 341 g/mol. The number of aliphatic imine (C=N–C) groups is 1. The molecule has 0 heterocycles. The number of benzene rings is 2. The van der Waals surface area contributed by atoms with Crippen molar-refractivity contribution in [1.29, 1.82) is 5.41 Å². The van der Waals surface area contributed by atoms with Gasteiger partial charge in [-0.05, 0) is 30.5 Å². The van der Waals surface area contributed by atoms with E-state index in [9.17, 15) is 0 Å². The van der Waals surface area contributed by atoms with Crippen molar-refractivity contribution in [3.63, 3.8) is 0 Å². The minimum absolute atomic E-state index is 0.226. The maximum Gasteiger partial charge on any atom is 0.182 e. The van der Waals surface area contributed by atoms with Crippen LogP contribution in [0, 0.1) is 5.41 Å². The molecular weight excluding hydrogens is 318 g/mol. The van der Waals surface area contributed by atoms with Gasteiger partial charge in [0.1, 0.15) is 11.6 Å². The Morgan fingerprint density at radius 2 is 1.96 bits per heavy atom. The minimum Gasteiger partial charge on any atom is -0.494 e. The number of aryl methyl sites for hydroxylation is 1. The van der Waals surface area contributed by atoms with Crippen molar-refractivity contribution in [3.05, 3.63) is 65.7 Å². The third kappa shape index (κ3) is 6.08. The van der Waals surface area contributed by atoms with Crippen LogP contribution in [0.1, 0.15) is 24.5 Å². The normalized spacial score (nSPS) is 11.3. The van der Waals surface area contributed by atoms with Gasteiger partial charge in [-0.3, -0.25) is 5.41 Å². The molecule has 3 N–H and O–H groups in total. The Morgan fingerprint density at radius 1 is 1.17 bits per heavy atom. The molecule has 0 fully saturated rings. The first-order chi connectivity index (χ1) is 11.7. The van der Waals surface area contributed by atoms with Crippen LogP contribution in [-0.2, 0) is 6.42 Å². The molecule has 4 nitrogen and oxygen atoms in total. The van der Waals surface area contributed by atoms with Crippen LogP contribution in [0.15, 0.2) is 59.6 Å². The van der Waals surface area contributed by atoms with Gasteiger partial charge in [0.2, 0.25) is 0 Å². The van der Waals surface area contributed by atoms with Gasteiger partial charge in [-0.15, -0.1) is 0 Å². The second-order valence-corrected chi connectivity index (χ2v) is 6.30. The first-order valence-electron chi connectivity index (χ1n) is 8.01. The molecule has 0 saturated heterocycles. The molecule has 0 aromatic heterocycles. The molecule has 0 unspecified atom stereocenters. The molecule has 126 valence electrons. The molecular formula is C19H23N3OS. The average Bonchev–Trinajstić information content (AvgIpc) is 2.62. The molecule has 5 heteroatoms. The van der Waals surface area contributed by atoms with Gasteiger partial charge in [-0.2, -0.15) is 0 Å². The number of ether oxygens (including phenoxy) is 1. The monoisotopic (exact) mass is 341 g/mol. The Morgan fingerprint density at radius 3 is 2.71 bits per heavy atom. The quantitative estimate of drug-likeness (QED) is 0.452. The fourth-order valence-corrected chi connectivity index (χ4v) is 2.71. The van der Waals surface area contributed by atoms with E-state index < -0.39 is 0 Å². The van der Waals surface area contributed by atoms with Crippen molar-refractivity contribution in [1.82, 2.24) is 0 Å². The molecule has 0 saturated carbocycles. The maximum absolute atomic E-state index is 7.88. The van der Waals surface area contributed by atoms with E-state index in [4.69, 9.17) is 15.9 Å². The number of nitrogens with one attached hydrogen (secondary N) is 1. The smallest absolute Gasteiger partial charge is 0.182 e. The summed E-state index contributed by atoms with van der Waals surface area (Å²) in [7, 11) is 0. The Kier molecular flexibility index (Phi) is 7.36. The third-order valence-corrected chi connectivity index (χ3v) is 4.25. The lowest BCUT2D eigenvalue weighted by Gasteiger charge is -2.07. The van der Waals surface area contributed by atoms with E-state index >= 15 is 0 Å². The van der Waals surface area contributed by atoms with E-state index in [0.29, 0.717) is 12.4 Å². The fourth-order valence-electron chi connectivity index (χ4n) is 2.09. The highest BCUT2D eigenvalue weighted by atomic mass is 32.2. The van der Waals surface area contributed by atoms with Crippen molar-refractivity contribution < 1.29 is 4.74 Å². The van der Waals surface area contributed by atoms with Crippen molar-refractivity contribution >= 4 is 22.8 Å². The Bertz CT molecular complexity index is 686. The maximum atomic E-state index is 7.88.